The number of carboxylic acids is 1. The Hall–Kier alpha value is -0.610. The van der Waals surface area contributed by atoms with Crippen LogP contribution >= 0.6 is 0 Å². The summed E-state index contributed by atoms with van der Waals surface area (Å²) in [5, 5.41) is 9.10. The van der Waals surface area contributed by atoms with Gasteiger partial charge in [-0.15, -0.1) is 0 Å². The van der Waals surface area contributed by atoms with Gasteiger partial charge in [-0.3, -0.25) is 0 Å². The molecule has 0 spiro atoms. The molecule has 4 nitrogen and oxygen atoms in total. The highest BCUT2D eigenvalue weighted by atomic mass is 17.2. The van der Waals surface area contributed by atoms with Crippen molar-refractivity contribution in [2.75, 3.05) is 0 Å². The predicted molar refractivity (Wildman–Crippen MR) is 75.9 cm³/mol. The van der Waals surface area contributed by atoms with Gasteiger partial charge >= 0.3 is 5.97 Å². The Morgan fingerprint density at radius 1 is 1.16 bits per heavy atom. The molecular formula is C15H30O4. The molecule has 0 amide bonds. The second-order valence-electron chi connectivity index (χ2n) is 7.00. The molecule has 0 aliphatic heterocycles. The van der Waals surface area contributed by atoms with E-state index in [-0.39, 0.29) is 5.41 Å². The fourth-order valence-electron chi connectivity index (χ4n) is 2.29. The van der Waals surface area contributed by atoms with Gasteiger partial charge in [-0.25, -0.2) is 14.6 Å². The molecule has 1 N–H and O–H groups in total. The predicted octanol–water partition coefficient (Wildman–Crippen LogP) is 4.18. The van der Waals surface area contributed by atoms with Crippen LogP contribution < -0.4 is 0 Å². The molecule has 0 aliphatic carbocycles. The van der Waals surface area contributed by atoms with Gasteiger partial charge in [0, 0.05) is 0 Å². The van der Waals surface area contributed by atoms with Gasteiger partial charge in [-0.1, -0.05) is 47.0 Å². The molecule has 0 saturated carbocycles. The van der Waals surface area contributed by atoms with E-state index in [0.717, 1.165) is 25.7 Å². The molecule has 0 bridgehead atoms. The molecule has 0 saturated heterocycles. The van der Waals surface area contributed by atoms with Crippen molar-refractivity contribution >= 4 is 5.97 Å². The van der Waals surface area contributed by atoms with Crippen LogP contribution in [0.5, 0.6) is 0 Å². The highest BCUT2D eigenvalue weighted by molar-refractivity contribution is 5.72. The minimum atomic E-state index is -0.956. The molecule has 0 radical (unpaired) electrons. The van der Waals surface area contributed by atoms with Gasteiger partial charge in [0.1, 0.15) is 0 Å². The Kier molecular flexibility index (Phi) is 7.60. The summed E-state index contributed by atoms with van der Waals surface area (Å²) in [6.07, 6.45) is 3.33. The summed E-state index contributed by atoms with van der Waals surface area (Å²) in [5.41, 5.74) is -0.384. The maximum atomic E-state index is 11.1. The lowest BCUT2D eigenvalue weighted by molar-refractivity contribution is -0.376. The fraction of sp³-hybridized carbons (Fsp3) is 0.933. The average Bonchev–Trinajstić information content (AvgIpc) is 2.19. The standard InChI is InChI=1S/C15H30O4/c1-7-8-9-10-12(13(16)17)18-19-15(5,6)11-14(2,3)4/h12H,7-11H2,1-6H3,(H,16,17). The molecule has 0 aromatic carbocycles. The Bertz CT molecular complexity index is 266. The van der Waals surface area contributed by atoms with Crippen LogP contribution in [0.2, 0.25) is 0 Å². The largest absolute Gasteiger partial charge is 0.479 e. The molecule has 114 valence electrons. The summed E-state index contributed by atoms with van der Waals surface area (Å²) in [6.45, 7) is 12.3. The zero-order chi connectivity index (χ0) is 15.1. The van der Waals surface area contributed by atoms with Gasteiger partial charge in [-0.2, -0.15) is 0 Å². The van der Waals surface area contributed by atoms with E-state index in [2.05, 4.69) is 27.7 Å². The summed E-state index contributed by atoms with van der Waals surface area (Å²) in [6, 6.07) is 0. The lowest BCUT2D eigenvalue weighted by Crippen LogP contribution is -2.34. The molecular weight excluding hydrogens is 244 g/mol. The van der Waals surface area contributed by atoms with Crippen LogP contribution in [0.3, 0.4) is 0 Å². The number of hydrogen-bond donors (Lipinski definition) is 1. The van der Waals surface area contributed by atoms with E-state index < -0.39 is 17.7 Å². The third-order valence-electron chi connectivity index (χ3n) is 2.69. The Morgan fingerprint density at radius 2 is 1.74 bits per heavy atom. The van der Waals surface area contributed by atoms with Crippen molar-refractivity contribution in [3.8, 4) is 0 Å². The lowest BCUT2D eigenvalue weighted by atomic mass is 9.84. The summed E-state index contributed by atoms with van der Waals surface area (Å²) >= 11 is 0. The minimum Gasteiger partial charge on any atom is -0.479 e. The zero-order valence-corrected chi connectivity index (χ0v) is 13.3. The van der Waals surface area contributed by atoms with E-state index in [0.29, 0.717) is 6.42 Å². The molecule has 1 atom stereocenters. The Morgan fingerprint density at radius 3 is 2.16 bits per heavy atom. The summed E-state index contributed by atoms with van der Waals surface area (Å²) in [4.78, 5) is 21.6. The van der Waals surface area contributed by atoms with E-state index in [1.54, 1.807) is 0 Å². The lowest BCUT2D eigenvalue weighted by Gasteiger charge is -2.31. The van der Waals surface area contributed by atoms with Crippen LogP contribution in [0.25, 0.3) is 0 Å². The van der Waals surface area contributed by atoms with Crippen molar-refractivity contribution in [3.63, 3.8) is 0 Å². The van der Waals surface area contributed by atoms with Crippen molar-refractivity contribution in [2.45, 2.75) is 85.4 Å². The van der Waals surface area contributed by atoms with Crippen molar-refractivity contribution in [3.05, 3.63) is 0 Å². The number of aliphatic carboxylic acids is 1. The van der Waals surface area contributed by atoms with E-state index in [9.17, 15) is 4.79 Å². The minimum absolute atomic E-state index is 0.105. The molecule has 4 heteroatoms. The van der Waals surface area contributed by atoms with Crippen LogP contribution in [0, 0.1) is 5.41 Å². The second kappa shape index (κ2) is 7.85. The molecule has 0 rings (SSSR count). The molecule has 19 heavy (non-hydrogen) atoms. The van der Waals surface area contributed by atoms with E-state index in [1.165, 1.54) is 0 Å². The molecule has 0 aromatic heterocycles. The maximum absolute atomic E-state index is 11.1. The molecule has 1 unspecified atom stereocenters. The van der Waals surface area contributed by atoms with Crippen LogP contribution in [-0.2, 0) is 14.6 Å². The van der Waals surface area contributed by atoms with Crippen molar-refractivity contribution in [2.24, 2.45) is 5.41 Å². The fourth-order valence-corrected chi connectivity index (χ4v) is 2.29. The topological polar surface area (TPSA) is 55.8 Å². The smallest absolute Gasteiger partial charge is 0.336 e. The van der Waals surface area contributed by atoms with Gasteiger partial charge in [0.15, 0.2) is 6.10 Å². The van der Waals surface area contributed by atoms with E-state index in [4.69, 9.17) is 14.9 Å². The third kappa shape index (κ3) is 9.91. The zero-order valence-electron chi connectivity index (χ0n) is 13.3. The van der Waals surface area contributed by atoms with E-state index in [1.807, 2.05) is 13.8 Å². The van der Waals surface area contributed by atoms with Gasteiger partial charge in [0.05, 0.1) is 5.60 Å². The monoisotopic (exact) mass is 274 g/mol. The number of unbranched alkanes of at least 4 members (excludes halogenated alkanes) is 2. The van der Waals surface area contributed by atoms with Crippen LogP contribution in [0.4, 0.5) is 0 Å². The van der Waals surface area contributed by atoms with Gasteiger partial charge in [0.2, 0.25) is 0 Å². The highest BCUT2D eigenvalue weighted by Gasteiger charge is 2.30. The van der Waals surface area contributed by atoms with Crippen molar-refractivity contribution in [1.29, 1.82) is 0 Å². The van der Waals surface area contributed by atoms with Crippen molar-refractivity contribution in [1.82, 2.24) is 0 Å². The first kappa shape index (κ1) is 18.4. The van der Waals surface area contributed by atoms with E-state index >= 15 is 0 Å². The molecule has 0 aromatic rings. The quantitative estimate of drug-likeness (QED) is 0.389. The van der Waals surface area contributed by atoms with Crippen molar-refractivity contribution < 1.29 is 19.7 Å². The second-order valence-corrected chi connectivity index (χ2v) is 7.00. The number of carboxylic acid groups (broad SMARTS) is 1. The Balaban J connectivity index is 4.26. The summed E-state index contributed by atoms with van der Waals surface area (Å²) in [7, 11) is 0. The van der Waals surface area contributed by atoms with Crippen LogP contribution in [0.15, 0.2) is 0 Å². The number of rotatable bonds is 9. The first-order valence-corrected chi connectivity index (χ1v) is 7.15. The Labute approximate surface area is 117 Å². The molecule has 0 heterocycles. The normalized spacial score (nSPS) is 14.4. The highest BCUT2D eigenvalue weighted by Crippen LogP contribution is 2.30. The third-order valence-corrected chi connectivity index (χ3v) is 2.69. The van der Waals surface area contributed by atoms with Gasteiger partial charge in [-0.05, 0) is 32.1 Å². The summed E-state index contributed by atoms with van der Waals surface area (Å²) < 4.78 is 0. The van der Waals surface area contributed by atoms with Gasteiger partial charge in [0.25, 0.3) is 0 Å². The number of carbonyl (C=O) groups is 1. The molecule has 0 aliphatic rings. The molecule has 0 fully saturated rings. The number of hydrogen-bond acceptors (Lipinski definition) is 3. The van der Waals surface area contributed by atoms with Crippen LogP contribution in [0.1, 0.15) is 73.6 Å². The summed E-state index contributed by atoms with van der Waals surface area (Å²) in [5.74, 6) is -0.956. The first-order chi connectivity index (χ1) is 8.57. The first-order valence-electron chi connectivity index (χ1n) is 7.15. The van der Waals surface area contributed by atoms with Crippen LogP contribution in [-0.4, -0.2) is 22.8 Å². The maximum Gasteiger partial charge on any atom is 0.336 e. The average molecular weight is 274 g/mol. The SMILES string of the molecule is CCCCCC(OOC(C)(C)CC(C)(C)C)C(=O)O. The van der Waals surface area contributed by atoms with Gasteiger partial charge < -0.3 is 5.11 Å².